The Hall–Kier alpha value is -2.87. The summed E-state index contributed by atoms with van der Waals surface area (Å²) < 4.78 is 5.16. The largest absolute Gasteiger partial charge is 0.496 e. The van der Waals surface area contributed by atoms with Gasteiger partial charge in [0.2, 0.25) is 0 Å². The summed E-state index contributed by atoms with van der Waals surface area (Å²) in [6.07, 6.45) is 1.44. The van der Waals surface area contributed by atoms with Gasteiger partial charge in [-0.05, 0) is 42.8 Å². The van der Waals surface area contributed by atoms with Crippen molar-refractivity contribution in [2.45, 2.75) is 6.92 Å². The fourth-order valence-electron chi connectivity index (χ4n) is 1.79. The average Bonchev–Trinajstić information content (AvgIpc) is 2.47. The second kappa shape index (κ2) is 5.85. The van der Waals surface area contributed by atoms with Crippen molar-refractivity contribution >= 4 is 11.6 Å². The smallest absolute Gasteiger partial charge is 0.255 e. The summed E-state index contributed by atoms with van der Waals surface area (Å²) >= 11 is 0. The minimum absolute atomic E-state index is 0.212. The van der Waals surface area contributed by atoms with Gasteiger partial charge in [0.25, 0.3) is 5.91 Å². The van der Waals surface area contributed by atoms with Crippen LogP contribution in [0.5, 0.6) is 5.75 Å². The van der Waals surface area contributed by atoms with E-state index < -0.39 is 0 Å². The summed E-state index contributed by atoms with van der Waals surface area (Å²) in [7, 11) is 1.60. The molecule has 1 amide bonds. The van der Waals surface area contributed by atoms with Crippen LogP contribution in [0.2, 0.25) is 0 Å². The van der Waals surface area contributed by atoms with Crippen molar-refractivity contribution in [3.8, 4) is 11.8 Å². The van der Waals surface area contributed by atoms with Crippen LogP contribution in [0, 0.1) is 18.3 Å². The highest BCUT2D eigenvalue weighted by Crippen LogP contribution is 2.21. The summed E-state index contributed by atoms with van der Waals surface area (Å²) in [6.45, 7) is 1.90. The molecule has 0 spiro atoms. The van der Waals surface area contributed by atoms with E-state index in [1.54, 1.807) is 25.3 Å². The Labute approximate surface area is 116 Å². The minimum Gasteiger partial charge on any atom is -0.496 e. The first-order chi connectivity index (χ1) is 9.63. The molecule has 100 valence electrons. The number of anilines is 1. The van der Waals surface area contributed by atoms with Gasteiger partial charge in [-0.1, -0.05) is 0 Å². The second-order valence-electron chi connectivity index (χ2n) is 4.18. The third kappa shape index (κ3) is 2.93. The molecule has 0 saturated carbocycles. The van der Waals surface area contributed by atoms with Gasteiger partial charge in [-0.25, -0.2) is 4.98 Å². The molecule has 0 aliphatic heterocycles. The number of nitrogens with zero attached hydrogens (tertiary/aromatic N) is 2. The van der Waals surface area contributed by atoms with E-state index in [1.807, 2.05) is 19.1 Å². The highest BCUT2D eigenvalue weighted by atomic mass is 16.5. The molecule has 1 aromatic heterocycles. The number of hydrogen-bond donors (Lipinski definition) is 1. The number of nitrogens with one attached hydrogen (secondary N) is 1. The van der Waals surface area contributed by atoms with Crippen LogP contribution in [0.1, 0.15) is 21.6 Å². The van der Waals surface area contributed by atoms with Gasteiger partial charge in [0.15, 0.2) is 0 Å². The Kier molecular flexibility index (Phi) is 3.96. The number of ether oxygens (including phenoxy) is 1. The van der Waals surface area contributed by atoms with Gasteiger partial charge in [-0.15, -0.1) is 0 Å². The number of benzene rings is 1. The number of aryl methyl sites for hydroxylation is 1. The molecule has 20 heavy (non-hydrogen) atoms. The first-order valence-corrected chi connectivity index (χ1v) is 5.96. The number of rotatable bonds is 3. The van der Waals surface area contributed by atoms with Crippen molar-refractivity contribution < 1.29 is 9.53 Å². The number of aromatic nitrogens is 1. The maximum Gasteiger partial charge on any atom is 0.255 e. The quantitative estimate of drug-likeness (QED) is 0.927. The number of hydrogen-bond acceptors (Lipinski definition) is 4. The molecule has 0 fully saturated rings. The van der Waals surface area contributed by atoms with E-state index in [2.05, 4.69) is 10.3 Å². The van der Waals surface area contributed by atoms with Crippen LogP contribution >= 0.6 is 0 Å². The van der Waals surface area contributed by atoms with E-state index in [1.165, 1.54) is 12.3 Å². The molecule has 0 atom stereocenters. The Balaban J connectivity index is 2.19. The lowest BCUT2D eigenvalue weighted by molar-refractivity contribution is 0.102. The molecule has 0 unspecified atom stereocenters. The molecular weight excluding hydrogens is 254 g/mol. The predicted octanol–water partition coefficient (Wildman–Crippen LogP) is 2.52. The predicted molar refractivity (Wildman–Crippen MR) is 74.6 cm³/mol. The normalized spacial score (nSPS) is 9.65. The Morgan fingerprint density at radius 1 is 1.35 bits per heavy atom. The van der Waals surface area contributed by atoms with Crippen LogP contribution in [-0.4, -0.2) is 18.0 Å². The van der Waals surface area contributed by atoms with Crippen molar-refractivity contribution in [2.75, 3.05) is 12.4 Å². The maximum atomic E-state index is 12.1. The van der Waals surface area contributed by atoms with Crippen LogP contribution in [0.3, 0.4) is 0 Å². The first-order valence-electron chi connectivity index (χ1n) is 5.96. The van der Waals surface area contributed by atoms with Crippen LogP contribution < -0.4 is 10.1 Å². The summed E-state index contributed by atoms with van der Waals surface area (Å²) in [6, 6.07) is 10.3. The van der Waals surface area contributed by atoms with Crippen LogP contribution in [0.15, 0.2) is 36.5 Å². The lowest BCUT2D eigenvalue weighted by Crippen LogP contribution is -2.12. The fraction of sp³-hybridized carbons (Fsp3) is 0.133. The zero-order valence-corrected chi connectivity index (χ0v) is 11.2. The molecule has 0 saturated heterocycles. The molecule has 5 nitrogen and oxygen atoms in total. The minimum atomic E-state index is -0.284. The fourth-order valence-corrected chi connectivity index (χ4v) is 1.79. The maximum absolute atomic E-state index is 12.1. The zero-order chi connectivity index (χ0) is 14.5. The monoisotopic (exact) mass is 267 g/mol. The van der Waals surface area contributed by atoms with Gasteiger partial charge >= 0.3 is 0 Å². The van der Waals surface area contributed by atoms with Crippen LogP contribution in [-0.2, 0) is 0 Å². The van der Waals surface area contributed by atoms with E-state index in [4.69, 9.17) is 10.00 Å². The number of pyridine rings is 1. The topological polar surface area (TPSA) is 75.0 Å². The number of nitriles is 1. The zero-order valence-electron chi connectivity index (χ0n) is 11.2. The highest BCUT2D eigenvalue weighted by Gasteiger charge is 2.08. The van der Waals surface area contributed by atoms with Crippen molar-refractivity contribution in [1.82, 2.24) is 4.98 Å². The van der Waals surface area contributed by atoms with E-state index >= 15 is 0 Å². The van der Waals surface area contributed by atoms with Crippen LogP contribution in [0.4, 0.5) is 5.69 Å². The molecule has 5 heteroatoms. The van der Waals surface area contributed by atoms with Gasteiger partial charge < -0.3 is 10.1 Å². The third-order valence-corrected chi connectivity index (χ3v) is 2.79. The standard InChI is InChI=1S/C15H13N3O2/c1-10-7-12(3-4-14(10)20-2)18-15(19)11-5-6-17-13(8-11)9-16/h3-8H,1-2H3,(H,18,19). The number of amides is 1. The van der Waals surface area contributed by atoms with Crippen molar-refractivity contribution in [2.24, 2.45) is 0 Å². The molecule has 1 N–H and O–H groups in total. The number of carbonyl (C=O) groups is 1. The number of methoxy groups -OCH3 is 1. The lowest BCUT2D eigenvalue weighted by atomic mass is 10.2. The molecule has 1 aromatic carbocycles. The lowest BCUT2D eigenvalue weighted by Gasteiger charge is -2.09. The van der Waals surface area contributed by atoms with E-state index in [0.717, 1.165) is 11.3 Å². The summed E-state index contributed by atoms with van der Waals surface area (Å²) in [5.74, 6) is 0.479. The van der Waals surface area contributed by atoms with Gasteiger partial charge in [0, 0.05) is 17.4 Å². The summed E-state index contributed by atoms with van der Waals surface area (Å²) in [4.78, 5) is 15.9. The van der Waals surface area contributed by atoms with Gasteiger partial charge in [-0.3, -0.25) is 4.79 Å². The Morgan fingerprint density at radius 3 is 2.80 bits per heavy atom. The third-order valence-electron chi connectivity index (χ3n) is 2.79. The summed E-state index contributed by atoms with van der Waals surface area (Å²) in [5.41, 5.74) is 2.20. The van der Waals surface area contributed by atoms with Crippen molar-refractivity contribution in [3.63, 3.8) is 0 Å². The van der Waals surface area contributed by atoms with Crippen molar-refractivity contribution in [1.29, 1.82) is 5.26 Å². The molecule has 0 radical (unpaired) electrons. The van der Waals surface area contributed by atoms with E-state index in [9.17, 15) is 4.79 Å². The molecule has 2 rings (SSSR count). The van der Waals surface area contributed by atoms with Crippen molar-refractivity contribution in [3.05, 3.63) is 53.3 Å². The van der Waals surface area contributed by atoms with E-state index in [0.29, 0.717) is 11.3 Å². The molecule has 0 bridgehead atoms. The molecule has 2 aromatic rings. The second-order valence-corrected chi connectivity index (χ2v) is 4.18. The van der Waals surface area contributed by atoms with Gasteiger partial charge in [0.05, 0.1) is 7.11 Å². The van der Waals surface area contributed by atoms with Gasteiger partial charge in [-0.2, -0.15) is 5.26 Å². The Morgan fingerprint density at radius 2 is 2.15 bits per heavy atom. The Bertz CT molecular complexity index is 690. The van der Waals surface area contributed by atoms with Crippen LogP contribution in [0.25, 0.3) is 0 Å². The molecule has 0 aliphatic rings. The van der Waals surface area contributed by atoms with E-state index in [-0.39, 0.29) is 11.6 Å². The molecule has 0 aliphatic carbocycles. The van der Waals surface area contributed by atoms with Gasteiger partial charge in [0.1, 0.15) is 17.5 Å². The highest BCUT2D eigenvalue weighted by molar-refractivity contribution is 6.04. The molecule has 1 heterocycles. The number of carbonyl (C=O) groups excluding carboxylic acids is 1. The summed E-state index contributed by atoms with van der Waals surface area (Å²) in [5, 5.41) is 11.5. The first kappa shape index (κ1) is 13.6. The average molecular weight is 267 g/mol. The SMILES string of the molecule is COc1ccc(NC(=O)c2ccnc(C#N)c2)cc1C. The molecular formula is C15H13N3O2.